The first-order valence-corrected chi connectivity index (χ1v) is 7.94. The molecule has 5 heteroatoms. The van der Waals surface area contributed by atoms with Gasteiger partial charge in [-0.25, -0.2) is 4.98 Å². The quantitative estimate of drug-likeness (QED) is 0.870. The fourth-order valence-electron chi connectivity index (χ4n) is 2.31. The molecule has 1 N–H and O–H groups in total. The standard InChI is InChI=1S/C14H25N3OS/c1-11(2)7-15-8-13-9-16-14(19-13)17-6-4-5-12(10-17)18-3/h9,11-12,15H,4-8,10H2,1-3H3. The summed E-state index contributed by atoms with van der Waals surface area (Å²) in [5.74, 6) is 0.692. The number of nitrogens with one attached hydrogen (secondary N) is 1. The Hall–Kier alpha value is -0.650. The highest BCUT2D eigenvalue weighted by Gasteiger charge is 2.21. The number of ether oxygens (including phenoxy) is 1. The van der Waals surface area contributed by atoms with Gasteiger partial charge in [-0.1, -0.05) is 13.8 Å². The Morgan fingerprint density at radius 3 is 3.16 bits per heavy atom. The van der Waals surface area contributed by atoms with Gasteiger partial charge in [0.25, 0.3) is 0 Å². The summed E-state index contributed by atoms with van der Waals surface area (Å²) in [5, 5.41) is 4.61. The maximum absolute atomic E-state index is 5.46. The van der Waals surface area contributed by atoms with Crippen LogP contribution >= 0.6 is 11.3 Å². The Balaban J connectivity index is 1.85. The lowest BCUT2D eigenvalue weighted by Gasteiger charge is -2.31. The van der Waals surface area contributed by atoms with Crippen molar-refractivity contribution in [2.45, 2.75) is 39.3 Å². The summed E-state index contributed by atoms with van der Waals surface area (Å²) in [6.45, 7) is 8.52. The second-order valence-corrected chi connectivity index (χ2v) is 6.67. The van der Waals surface area contributed by atoms with Gasteiger partial charge in [-0.3, -0.25) is 0 Å². The summed E-state index contributed by atoms with van der Waals surface area (Å²) < 4.78 is 5.46. The largest absolute Gasteiger partial charge is 0.380 e. The SMILES string of the molecule is COC1CCCN(c2ncc(CNCC(C)C)s2)C1. The van der Waals surface area contributed by atoms with Crippen molar-refractivity contribution in [3.05, 3.63) is 11.1 Å². The molecule has 0 spiro atoms. The molecule has 1 aliphatic heterocycles. The van der Waals surface area contributed by atoms with Crippen LogP contribution in [-0.2, 0) is 11.3 Å². The van der Waals surface area contributed by atoms with Crippen molar-refractivity contribution in [1.82, 2.24) is 10.3 Å². The Labute approximate surface area is 120 Å². The molecule has 1 fully saturated rings. The molecule has 1 atom stereocenters. The van der Waals surface area contributed by atoms with Crippen LogP contribution in [0, 0.1) is 5.92 Å². The predicted octanol–water partition coefficient (Wildman–Crippen LogP) is 2.50. The van der Waals surface area contributed by atoms with E-state index in [9.17, 15) is 0 Å². The lowest BCUT2D eigenvalue weighted by Crippen LogP contribution is -2.39. The minimum atomic E-state index is 0.361. The average molecular weight is 283 g/mol. The zero-order valence-corrected chi connectivity index (χ0v) is 13.0. The summed E-state index contributed by atoms with van der Waals surface area (Å²) in [7, 11) is 1.80. The third-order valence-electron chi connectivity index (χ3n) is 3.38. The first-order chi connectivity index (χ1) is 9.19. The van der Waals surface area contributed by atoms with Crippen LogP contribution in [0.2, 0.25) is 0 Å². The van der Waals surface area contributed by atoms with Crippen molar-refractivity contribution in [2.75, 3.05) is 31.6 Å². The smallest absolute Gasteiger partial charge is 0.185 e. The fourth-order valence-corrected chi connectivity index (χ4v) is 3.23. The van der Waals surface area contributed by atoms with E-state index in [1.54, 1.807) is 18.4 Å². The molecule has 0 radical (unpaired) electrons. The zero-order chi connectivity index (χ0) is 13.7. The van der Waals surface area contributed by atoms with Crippen LogP contribution in [0.3, 0.4) is 0 Å². The molecule has 1 saturated heterocycles. The molecule has 108 valence electrons. The van der Waals surface area contributed by atoms with Gasteiger partial charge in [0.1, 0.15) is 0 Å². The number of anilines is 1. The summed E-state index contributed by atoms with van der Waals surface area (Å²) in [6.07, 6.45) is 4.73. The highest BCUT2D eigenvalue weighted by molar-refractivity contribution is 7.15. The van der Waals surface area contributed by atoms with E-state index >= 15 is 0 Å². The highest BCUT2D eigenvalue weighted by Crippen LogP contribution is 2.26. The molecule has 0 amide bonds. The third kappa shape index (κ3) is 4.44. The molecular formula is C14H25N3OS. The Kier molecular flexibility index (Phi) is 5.60. The van der Waals surface area contributed by atoms with Gasteiger partial charge in [0.2, 0.25) is 0 Å². The third-order valence-corrected chi connectivity index (χ3v) is 4.43. The fraction of sp³-hybridized carbons (Fsp3) is 0.786. The number of methoxy groups -OCH3 is 1. The number of hydrogen-bond donors (Lipinski definition) is 1. The maximum atomic E-state index is 5.46. The lowest BCUT2D eigenvalue weighted by atomic mass is 10.1. The number of hydrogen-bond acceptors (Lipinski definition) is 5. The van der Waals surface area contributed by atoms with Crippen LogP contribution < -0.4 is 10.2 Å². The monoisotopic (exact) mass is 283 g/mol. The lowest BCUT2D eigenvalue weighted by molar-refractivity contribution is 0.0893. The minimum Gasteiger partial charge on any atom is -0.380 e. The molecule has 1 aliphatic rings. The van der Waals surface area contributed by atoms with Gasteiger partial charge in [-0.15, -0.1) is 11.3 Å². The van der Waals surface area contributed by atoms with Crippen LogP contribution in [0.25, 0.3) is 0 Å². The number of piperidine rings is 1. The van der Waals surface area contributed by atoms with Gasteiger partial charge >= 0.3 is 0 Å². The summed E-state index contributed by atoms with van der Waals surface area (Å²) in [6, 6.07) is 0. The topological polar surface area (TPSA) is 37.4 Å². The normalized spacial score (nSPS) is 20.2. The molecule has 4 nitrogen and oxygen atoms in total. The van der Waals surface area contributed by atoms with Gasteiger partial charge in [0.05, 0.1) is 6.10 Å². The Morgan fingerprint density at radius 1 is 1.58 bits per heavy atom. The van der Waals surface area contributed by atoms with Crippen molar-refractivity contribution in [2.24, 2.45) is 5.92 Å². The van der Waals surface area contributed by atoms with E-state index in [4.69, 9.17) is 4.74 Å². The number of nitrogens with zero attached hydrogens (tertiary/aromatic N) is 2. The zero-order valence-electron chi connectivity index (χ0n) is 12.2. The molecule has 0 aliphatic carbocycles. The molecule has 0 bridgehead atoms. The second-order valence-electron chi connectivity index (χ2n) is 5.58. The van der Waals surface area contributed by atoms with Gasteiger partial charge in [0.15, 0.2) is 5.13 Å². The molecule has 1 aromatic heterocycles. The van der Waals surface area contributed by atoms with Gasteiger partial charge in [-0.2, -0.15) is 0 Å². The van der Waals surface area contributed by atoms with Gasteiger partial charge in [0, 0.05) is 37.8 Å². The van der Waals surface area contributed by atoms with E-state index < -0.39 is 0 Å². The van der Waals surface area contributed by atoms with E-state index in [0.29, 0.717) is 12.0 Å². The molecule has 1 aromatic rings. The van der Waals surface area contributed by atoms with Gasteiger partial charge in [-0.05, 0) is 25.3 Å². The molecular weight excluding hydrogens is 258 g/mol. The van der Waals surface area contributed by atoms with E-state index in [1.165, 1.54) is 17.7 Å². The summed E-state index contributed by atoms with van der Waals surface area (Å²) in [4.78, 5) is 8.23. The molecule has 0 aromatic carbocycles. The van der Waals surface area contributed by atoms with Crippen molar-refractivity contribution in [1.29, 1.82) is 0 Å². The van der Waals surface area contributed by atoms with Crippen LogP contribution in [0.4, 0.5) is 5.13 Å². The minimum absolute atomic E-state index is 0.361. The molecule has 0 saturated carbocycles. The van der Waals surface area contributed by atoms with Crippen molar-refractivity contribution < 1.29 is 4.74 Å². The Morgan fingerprint density at radius 2 is 2.42 bits per heavy atom. The van der Waals surface area contributed by atoms with Crippen LogP contribution in [0.5, 0.6) is 0 Å². The Bertz CT molecular complexity index is 381. The molecule has 19 heavy (non-hydrogen) atoms. The molecule has 2 heterocycles. The van der Waals surface area contributed by atoms with E-state index in [-0.39, 0.29) is 0 Å². The number of aromatic nitrogens is 1. The van der Waals surface area contributed by atoms with E-state index in [2.05, 4.69) is 29.0 Å². The van der Waals surface area contributed by atoms with Crippen molar-refractivity contribution in [3.63, 3.8) is 0 Å². The van der Waals surface area contributed by atoms with Gasteiger partial charge < -0.3 is 15.0 Å². The van der Waals surface area contributed by atoms with E-state index in [1.807, 2.05) is 6.20 Å². The first kappa shape index (κ1) is 14.8. The van der Waals surface area contributed by atoms with Crippen molar-refractivity contribution >= 4 is 16.5 Å². The van der Waals surface area contributed by atoms with Crippen molar-refractivity contribution in [3.8, 4) is 0 Å². The second kappa shape index (κ2) is 7.22. The van der Waals surface area contributed by atoms with Crippen LogP contribution in [0.1, 0.15) is 31.6 Å². The summed E-state index contributed by atoms with van der Waals surface area (Å²) >= 11 is 1.80. The van der Waals surface area contributed by atoms with E-state index in [0.717, 1.165) is 31.3 Å². The number of thiazole rings is 1. The highest BCUT2D eigenvalue weighted by atomic mass is 32.1. The van der Waals surface area contributed by atoms with Crippen LogP contribution in [-0.4, -0.2) is 37.8 Å². The summed E-state index contributed by atoms with van der Waals surface area (Å²) in [5.41, 5.74) is 0. The first-order valence-electron chi connectivity index (χ1n) is 7.12. The molecule has 2 rings (SSSR count). The number of rotatable bonds is 6. The predicted molar refractivity (Wildman–Crippen MR) is 80.9 cm³/mol. The average Bonchev–Trinajstić information content (AvgIpc) is 2.87. The maximum Gasteiger partial charge on any atom is 0.185 e. The van der Waals surface area contributed by atoms with Crippen LogP contribution in [0.15, 0.2) is 6.20 Å². The molecule has 1 unspecified atom stereocenters.